The lowest BCUT2D eigenvalue weighted by Crippen LogP contribution is -2.45. The molecule has 0 atom stereocenters. The molecule has 182 valence electrons. The third-order valence-corrected chi connectivity index (χ3v) is 6.94. The highest BCUT2D eigenvalue weighted by molar-refractivity contribution is 7.10. The van der Waals surface area contributed by atoms with E-state index in [9.17, 15) is 9.59 Å². The zero-order chi connectivity index (χ0) is 24.6. The van der Waals surface area contributed by atoms with E-state index in [4.69, 9.17) is 0 Å². The molecule has 6 heteroatoms. The van der Waals surface area contributed by atoms with E-state index in [-0.39, 0.29) is 24.3 Å². The Labute approximate surface area is 211 Å². The number of hydrogen-bond donors (Lipinski definition) is 1. The molecule has 0 aliphatic rings. The molecule has 1 N–H and O–H groups in total. The van der Waals surface area contributed by atoms with Crippen LogP contribution in [0, 0.1) is 5.92 Å². The number of nitrogens with one attached hydrogen (secondary N) is 1. The highest BCUT2D eigenvalue weighted by Crippen LogP contribution is 2.19. The number of benzene rings is 2. The van der Waals surface area contributed by atoms with E-state index in [1.165, 1.54) is 10.9 Å². The number of thiophene rings is 1. The second-order valence-corrected chi connectivity index (χ2v) is 10.4. The van der Waals surface area contributed by atoms with E-state index in [1.54, 1.807) is 16.2 Å². The first-order valence-electron chi connectivity index (χ1n) is 12.2. The van der Waals surface area contributed by atoms with Gasteiger partial charge in [0.1, 0.15) is 0 Å². The van der Waals surface area contributed by atoms with Crippen molar-refractivity contribution in [1.29, 1.82) is 0 Å². The number of aromatic nitrogens is 1. The molecule has 0 unspecified atom stereocenters. The van der Waals surface area contributed by atoms with Crippen molar-refractivity contribution < 1.29 is 9.59 Å². The number of hydrogen-bond acceptors (Lipinski definition) is 3. The van der Waals surface area contributed by atoms with Crippen molar-refractivity contribution in [2.24, 2.45) is 5.92 Å². The van der Waals surface area contributed by atoms with E-state index in [0.717, 1.165) is 22.4 Å². The van der Waals surface area contributed by atoms with Crippen LogP contribution in [0.5, 0.6) is 0 Å². The fourth-order valence-electron chi connectivity index (χ4n) is 4.32. The van der Waals surface area contributed by atoms with Crippen LogP contribution < -0.4 is 0 Å². The molecule has 0 aliphatic heterocycles. The van der Waals surface area contributed by atoms with Crippen LogP contribution in [0.25, 0.3) is 10.9 Å². The Kier molecular flexibility index (Phi) is 8.37. The van der Waals surface area contributed by atoms with Gasteiger partial charge in [-0.25, -0.2) is 0 Å². The first kappa shape index (κ1) is 24.7. The molecule has 4 rings (SSSR count). The molecule has 5 nitrogen and oxygen atoms in total. The Bertz CT molecular complexity index is 1230. The summed E-state index contributed by atoms with van der Waals surface area (Å²) >= 11 is 1.58. The van der Waals surface area contributed by atoms with Crippen molar-refractivity contribution in [2.75, 3.05) is 19.6 Å². The summed E-state index contributed by atoms with van der Waals surface area (Å²) < 4.78 is 0. The average Bonchev–Trinajstić information content (AvgIpc) is 3.51. The third kappa shape index (κ3) is 6.83. The Balaban J connectivity index is 1.49. The number of carbonyl (C=O) groups excluding carboxylic acids is 2. The molecule has 35 heavy (non-hydrogen) atoms. The number of amides is 2. The van der Waals surface area contributed by atoms with Crippen molar-refractivity contribution >= 4 is 34.1 Å². The van der Waals surface area contributed by atoms with Gasteiger partial charge in [-0.05, 0) is 41.0 Å². The first-order chi connectivity index (χ1) is 17.0. The Morgan fingerprint density at radius 1 is 0.914 bits per heavy atom. The third-order valence-electron chi connectivity index (χ3n) is 6.06. The van der Waals surface area contributed by atoms with Crippen LogP contribution >= 0.6 is 11.3 Å². The molecule has 0 saturated carbocycles. The van der Waals surface area contributed by atoms with Gasteiger partial charge in [-0.3, -0.25) is 9.59 Å². The molecule has 0 radical (unpaired) electrons. The maximum absolute atomic E-state index is 13.6. The number of H-pyrrole nitrogens is 1. The molecule has 0 bridgehead atoms. The van der Waals surface area contributed by atoms with Crippen LogP contribution in [-0.2, 0) is 29.0 Å². The van der Waals surface area contributed by atoms with Crippen LogP contribution in [0.15, 0.2) is 78.3 Å². The van der Waals surface area contributed by atoms with E-state index in [0.29, 0.717) is 26.1 Å². The molecule has 4 aromatic rings. The highest BCUT2D eigenvalue weighted by atomic mass is 32.1. The molecule has 0 saturated heterocycles. The van der Waals surface area contributed by atoms with Crippen LogP contribution in [0.2, 0.25) is 0 Å². The van der Waals surface area contributed by atoms with Crippen LogP contribution in [0.4, 0.5) is 0 Å². The van der Waals surface area contributed by atoms with Crippen molar-refractivity contribution in [3.05, 3.63) is 94.3 Å². The van der Waals surface area contributed by atoms with Gasteiger partial charge < -0.3 is 14.8 Å². The maximum atomic E-state index is 13.6. The van der Waals surface area contributed by atoms with Crippen LogP contribution in [0.3, 0.4) is 0 Å². The van der Waals surface area contributed by atoms with Crippen molar-refractivity contribution in [3.63, 3.8) is 0 Å². The summed E-state index contributed by atoms with van der Waals surface area (Å²) in [4.78, 5) is 34.7. The largest absolute Gasteiger partial charge is 0.361 e. The van der Waals surface area contributed by atoms with Crippen molar-refractivity contribution in [2.45, 2.75) is 33.2 Å². The predicted octanol–water partition coefficient (Wildman–Crippen LogP) is 5.53. The fraction of sp³-hybridized carbons (Fsp3) is 0.310. The minimum atomic E-state index is -0.0196. The molecular formula is C29H33N3O2S. The molecule has 2 heterocycles. The SMILES string of the molecule is CC(C)CN(CC(=O)N(CCc1c[nH]c2ccccc12)Cc1ccccc1)C(=O)Cc1cccs1. The lowest BCUT2D eigenvalue weighted by atomic mass is 10.1. The average molecular weight is 488 g/mol. The van der Waals surface area contributed by atoms with Gasteiger partial charge in [0.2, 0.25) is 11.8 Å². The van der Waals surface area contributed by atoms with Gasteiger partial charge in [-0.1, -0.05) is 68.4 Å². The fourth-order valence-corrected chi connectivity index (χ4v) is 5.02. The summed E-state index contributed by atoms with van der Waals surface area (Å²) in [5.74, 6) is 0.267. The van der Waals surface area contributed by atoms with Gasteiger partial charge in [0.05, 0.1) is 13.0 Å². The maximum Gasteiger partial charge on any atom is 0.242 e. The van der Waals surface area contributed by atoms with E-state index >= 15 is 0 Å². The number of para-hydroxylation sites is 1. The molecular weight excluding hydrogens is 454 g/mol. The quantitative estimate of drug-likeness (QED) is 0.303. The van der Waals surface area contributed by atoms with E-state index < -0.39 is 0 Å². The second kappa shape index (κ2) is 11.8. The summed E-state index contributed by atoms with van der Waals surface area (Å²) in [6.07, 6.45) is 3.12. The topological polar surface area (TPSA) is 56.4 Å². The second-order valence-electron chi connectivity index (χ2n) is 9.33. The molecule has 2 aromatic carbocycles. The van der Waals surface area contributed by atoms with Crippen LogP contribution in [-0.4, -0.2) is 46.2 Å². The van der Waals surface area contributed by atoms with Crippen molar-refractivity contribution in [3.8, 4) is 0 Å². The van der Waals surface area contributed by atoms with Gasteiger partial charge in [0.25, 0.3) is 0 Å². The first-order valence-corrected chi connectivity index (χ1v) is 13.0. The van der Waals surface area contributed by atoms with Gasteiger partial charge in [0.15, 0.2) is 0 Å². The normalized spacial score (nSPS) is 11.2. The minimum Gasteiger partial charge on any atom is -0.361 e. The monoisotopic (exact) mass is 487 g/mol. The molecule has 0 spiro atoms. The van der Waals surface area contributed by atoms with Gasteiger partial charge >= 0.3 is 0 Å². The van der Waals surface area contributed by atoms with E-state index in [2.05, 4.69) is 31.0 Å². The lowest BCUT2D eigenvalue weighted by Gasteiger charge is -2.29. The summed E-state index contributed by atoms with van der Waals surface area (Å²) in [6.45, 7) is 5.94. The lowest BCUT2D eigenvalue weighted by molar-refractivity contribution is -0.141. The predicted molar refractivity (Wildman–Crippen MR) is 143 cm³/mol. The Hall–Kier alpha value is -3.38. The van der Waals surface area contributed by atoms with E-state index in [1.807, 2.05) is 71.1 Å². The van der Waals surface area contributed by atoms with Crippen molar-refractivity contribution in [1.82, 2.24) is 14.8 Å². The Morgan fingerprint density at radius 3 is 2.43 bits per heavy atom. The Morgan fingerprint density at radius 2 is 1.69 bits per heavy atom. The summed E-state index contributed by atoms with van der Waals surface area (Å²) in [5, 5.41) is 3.17. The summed E-state index contributed by atoms with van der Waals surface area (Å²) in [7, 11) is 0. The standard InChI is InChI=1S/C29H33N3O2S/c1-22(2)19-32(28(33)17-25-11-8-16-35-25)21-29(34)31(20-23-9-4-3-5-10-23)15-14-24-18-30-27-13-7-6-12-26(24)27/h3-13,16,18,22,30H,14-15,17,19-21H2,1-2H3. The molecule has 0 aliphatic carbocycles. The number of aromatic amines is 1. The molecule has 0 fully saturated rings. The number of fused-ring (bicyclic) bond motifs is 1. The van der Waals surface area contributed by atoms with Crippen LogP contribution in [0.1, 0.15) is 29.9 Å². The minimum absolute atomic E-state index is 0.00536. The number of nitrogens with zero attached hydrogens (tertiary/aromatic N) is 2. The zero-order valence-electron chi connectivity index (χ0n) is 20.4. The summed E-state index contributed by atoms with van der Waals surface area (Å²) in [5.41, 5.74) is 3.38. The molecule has 2 aromatic heterocycles. The smallest absolute Gasteiger partial charge is 0.242 e. The zero-order valence-corrected chi connectivity index (χ0v) is 21.3. The van der Waals surface area contributed by atoms with Gasteiger partial charge in [-0.15, -0.1) is 11.3 Å². The number of rotatable bonds is 11. The molecule has 2 amide bonds. The van der Waals surface area contributed by atoms with Gasteiger partial charge in [-0.2, -0.15) is 0 Å². The van der Waals surface area contributed by atoms with Gasteiger partial charge in [0, 0.05) is 41.6 Å². The summed E-state index contributed by atoms with van der Waals surface area (Å²) in [6, 6.07) is 22.2. The number of carbonyl (C=O) groups is 2. The highest BCUT2D eigenvalue weighted by Gasteiger charge is 2.23.